The number of hydrogen-bond donors (Lipinski definition) is 1. The van der Waals surface area contributed by atoms with Crippen LogP contribution >= 0.6 is 15.9 Å². The minimum Gasteiger partial charge on any atom is -0.467 e. The number of halogens is 1. The average molecular weight is 392 g/mol. The average Bonchev–Trinajstić information content (AvgIpc) is 2.57. The van der Waals surface area contributed by atoms with Crippen molar-refractivity contribution in [3.05, 3.63) is 69.7 Å². The highest BCUT2D eigenvalue weighted by atomic mass is 79.9. The molecule has 0 saturated heterocycles. The summed E-state index contributed by atoms with van der Waals surface area (Å²) in [5, 5.41) is 2.55. The molecule has 0 saturated carbocycles. The van der Waals surface area contributed by atoms with Crippen LogP contribution in [0.5, 0.6) is 0 Å². The number of hydrogen-bond acceptors (Lipinski definition) is 4. The number of alkyl carbamates (subject to hydrolysis) is 1. The molecule has 0 spiro atoms. The number of benzene rings is 2. The van der Waals surface area contributed by atoms with Gasteiger partial charge in [-0.15, -0.1) is 0 Å². The van der Waals surface area contributed by atoms with Crippen LogP contribution in [-0.2, 0) is 20.9 Å². The Kier molecular flexibility index (Phi) is 6.37. The lowest BCUT2D eigenvalue weighted by Crippen LogP contribution is -2.35. The summed E-state index contributed by atoms with van der Waals surface area (Å²) in [7, 11) is 1.27. The molecule has 0 aromatic heterocycles. The summed E-state index contributed by atoms with van der Waals surface area (Å²) in [5.74, 6) is -0.566. The van der Waals surface area contributed by atoms with Gasteiger partial charge in [-0.05, 0) is 35.7 Å². The van der Waals surface area contributed by atoms with Crippen molar-refractivity contribution in [1.82, 2.24) is 5.32 Å². The largest absolute Gasteiger partial charge is 0.467 e. The Labute approximate surface area is 149 Å². The molecule has 2 aromatic rings. The molecule has 1 unspecified atom stereocenters. The smallest absolute Gasteiger partial charge is 0.408 e. The highest BCUT2D eigenvalue weighted by Crippen LogP contribution is 2.22. The number of methoxy groups -OCH3 is 1. The van der Waals surface area contributed by atoms with E-state index in [4.69, 9.17) is 9.47 Å². The number of carbonyl (C=O) groups excluding carboxylic acids is 2. The zero-order valence-corrected chi connectivity index (χ0v) is 15.0. The van der Waals surface area contributed by atoms with E-state index in [2.05, 4.69) is 21.2 Å². The van der Waals surface area contributed by atoms with Gasteiger partial charge in [0.1, 0.15) is 6.61 Å². The first-order valence-corrected chi connectivity index (χ1v) is 8.11. The molecular weight excluding hydrogens is 374 g/mol. The monoisotopic (exact) mass is 391 g/mol. The van der Waals surface area contributed by atoms with Crippen LogP contribution in [-0.4, -0.2) is 19.2 Å². The second-order valence-corrected chi connectivity index (χ2v) is 6.14. The van der Waals surface area contributed by atoms with Gasteiger partial charge in [0, 0.05) is 4.47 Å². The van der Waals surface area contributed by atoms with Crippen LogP contribution < -0.4 is 5.32 Å². The van der Waals surface area contributed by atoms with E-state index in [0.717, 1.165) is 15.6 Å². The SMILES string of the molecule is COC(=O)C(NC(=O)OCc1ccccc1)c1cc(C)cc(Br)c1. The number of esters is 1. The van der Waals surface area contributed by atoms with Crippen molar-refractivity contribution in [3.63, 3.8) is 0 Å². The third-order valence-electron chi connectivity index (χ3n) is 3.31. The van der Waals surface area contributed by atoms with Gasteiger partial charge in [-0.3, -0.25) is 0 Å². The van der Waals surface area contributed by atoms with Gasteiger partial charge in [-0.2, -0.15) is 0 Å². The van der Waals surface area contributed by atoms with E-state index in [1.807, 2.05) is 49.4 Å². The lowest BCUT2D eigenvalue weighted by Gasteiger charge is -2.17. The fourth-order valence-corrected chi connectivity index (χ4v) is 2.84. The van der Waals surface area contributed by atoms with E-state index in [-0.39, 0.29) is 6.61 Å². The summed E-state index contributed by atoms with van der Waals surface area (Å²) >= 11 is 3.38. The maximum atomic E-state index is 12.0. The van der Waals surface area contributed by atoms with Crippen LogP contribution in [0.4, 0.5) is 4.79 Å². The molecule has 2 rings (SSSR count). The quantitative estimate of drug-likeness (QED) is 0.784. The molecule has 126 valence electrons. The van der Waals surface area contributed by atoms with Gasteiger partial charge in [0.2, 0.25) is 0 Å². The Bertz CT molecular complexity index is 698. The molecule has 0 fully saturated rings. The van der Waals surface area contributed by atoms with Crippen LogP contribution in [0.3, 0.4) is 0 Å². The van der Waals surface area contributed by atoms with Crippen LogP contribution in [0, 0.1) is 6.92 Å². The van der Waals surface area contributed by atoms with Gasteiger partial charge < -0.3 is 14.8 Å². The summed E-state index contributed by atoms with van der Waals surface area (Å²) in [4.78, 5) is 24.1. The lowest BCUT2D eigenvalue weighted by atomic mass is 10.0. The van der Waals surface area contributed by atoms with Crippen molar-refractivity contribution in [2.45, 2.75) is 19.6 Å². The molecule has 0 aliphatic heterocycles. The highest BCUT2D eigenvalue weighted by molar-refractivity contribution is 9.10. The first kappa shape index (κ1) is 18.0. The van der Waals surface area contributed by atoms with Crippen molar-refractivity contribution >= 4 is 28.0 Å². The van der Waals surface area contributed by atoms with E-state index < -0.39 is 18.1 Å². The fourth-order valence-electron chi connectivity index (χ4n) is 2.21. The Morgan fingerprint density at radius 1 is 1.17 bits per heavy atom. The normalized spacial score (nSPS) is 11.5. The Morgan fingerprint density at radius 3 is 2.50 bits per heavy atom. The molecule has 1 atom stereocenters. The van der Waals surface area contributed by atoms with Gasteiger partial charge in [-0.1, -0.05) is 52.3 Å². The van der Waals surface area contributed by atoms with E-state index >= 15 is 0 Å². The van der Waals surface area contributed by atoms with Gasteiger partial charge >= 0.3 is 12.1 Å². The highest BCUT2D eigenvalue weighted by Gasteiger charge is 2.24. The van der Waals surface area contributed by atoms with Crippen molar-refractivity contribution < 1.29 is 19.1 Å². The molecular formula is C18H18BrNO4. The van der Waals surface area contributed by atoms with Crippen molar-refractivity contribution in [2.75, 3.05) is 7.11 Å². The second kappa shape index (κ2) is 8.49. The Morgan fingerprint density at radius 2 is 1.88 bits per heavy atom. The molecule has 0 aliphatic rings. The van der Waals surface area contributed by atoms with E-state index in [0.29, 0.717) is 5.56 Å². The molecule has 1 amide bonds. The number of nitrogens with one attached hydrogen (secondary N) is 1. The number of rotatable bonds is 5. The zero-order chi connectivity index (χ0) is 17.5. The van der Waals surface area contributed by atoms with Gasteiger partial charge in [0.25, 0.3) is 0 Å². The minimum atomic E-state index is -0.936. The molecule has 5 nitrogen and oxygen atoms in total. The van der Waals surface area contributed by atoms with E-state index in [1.54, 1.807) is 6.07 Å². The predicted octanol–water partition coefficient (Wildman–Crippen LogP) is 3.90. The van der Waals surface area contributed by atoms with Crippen LogP contribution in [0.2, 0.25) is 0 Å². The molecule has 0 bridgehead atoms. The van der Waals surface area contributed by atoms with E-state index in [9.17, 15) is 9.59 Å². The fraction of sp³-hybridized carbons (Fsp3) is 0.222. The number of ether oxygens (including phenoxy) is 2. The topological polar surface area (TPSA) is 64.6 Å². The number of aryl methyl sites for hydroxylation is 1. The summed E-state index contributed by atoms with van der Waals surface area (Å²) < 4.78 is 10.8. The van der Waals surface area contributed by atoms with Crippen molar-refractivity contribution in [2.24, 2.45) is 0 Å². The first-order chi connectivity index (χ1) is 11.5. The molecule has 0 radical (unpaired) electrons. The molecule has 6 heteroatoms. The lowest BCUT2D eigenvalue weighted by molar-refractivity contribution is -0.143. The zero-order valence-electron chi connectivity index (χ0n) is 13.4. The summed E-state index contributed by atoms with van der Waals surface area (Å²) in [5.41, 5.74) is 2.43. The third kappa shape index (κ3) is 5.09. The van der Waals surface area contributed by atoms with Crippen LogP contribution in [0.1, 0.15) is 22.7 Å². The standard InChI is InChI=1S/C18H18BrNO4/c1-12-8-14(10-15(19)9-12)16(17(21)23-2)20-18(22)24-11-13-6-4-3-5-7-13/h3-10,16H,11H2,1-2H3,(H,20,22). The minimum absolute atomic E-state index is 0.123. The third-order valence-corrected chi connectivity index (χ3v) is 3.77. The second-order valence-electron chi connectivity index (χ2n) is 5.22. The van der Waals surface area contributed by atoms with Gasteiger partial charge in [-0.25, -0.2) is 9.59 Å². The molecule has 24 heavy (non-hydrogen) atoms. The van der Waals surface area contributed by atoms with Crippen molar-refractivity contribution in [3.8, 4) is 0 Å². The Balaban J connectivity index is 2.08. The number of amides is 1. The van der Waals surface area contributed by atoms with Crippen LogP contribution in [0.15, 0.2) is 53.0 Å². The maximum absolute atomic E-state index is 12.0. The molecule has 2 aromatic carbocycles. The maximum Gasteiger partial charge on any atom is 0.408 e. The summed E-state index contributed by atoms with van der Waals surface area (Å²) in [6.07, 6.45) is -0.688. The van der Waals surface area contributed by atoms with Crippen LogP contribution in [0.25, 0.3) is 0 Å². The number of carbonyl (C=O) groups is 2. The molecule has 1 N–H and O–H groups in total. The van der Waals surface area contributed by atoms with E-state index in [1.165, 1.54) is 7.11 Å². The molecule has 0 heterocycles. The van der Waals surface area contributed by atoms with Crippen molar-refractivity contribution in [1.29, 1.82) is 0 Å². The summed E-state index contributed by atoms with van der Waals surface area (Å²) in [6.45, 7) is 2.02. The Hall–Kier alpha value is -2.34. The van der Waals surface area contributed by atoms with Gasteiger partial charge in [0.15, 0.2) is 6.04 Å². The summed E-state index contributed by atoms with van der Waals surface area (Å²) in [6, 6.07) is 13.8. The predicted molar refractivity (Wildman–Crippen MR) is 93.4 cm³/mol. The first-order valence-electron chi connectivity index (χ1n) is 7.31. The van der Waals surface area contributed by atoms with Gasteiger partial charge in [0.05, 0.1) is 7.11 Å². The molecule has 0 aliphatic carbocycles.